The van der Waals surface area contributed by atoms with Crippen molar-refractivity contribution in [2.24, 2.45) is 0 Å². The molecule has 3 aromatic heterocycles. The van der Waals surface area contributed by atoms with Crippen molar-refractivity contribution in [2.45, 2.75) is 57.8 Å². The van der Waals surface area contributed by atoms with Crippen LogP contribution in [0, 0.1) is 6.92 Å². The lowest BCUT2D eigenvalue weighted by Crippen LogP contribution is -2.40. The topological polar surface area (TPSA) is 104 Å². The Labute approximate surface area is 192 Å². The number of fused-ring (bicyclic) bond motifs is 1. The van der Waals surface area contributed by atoms with E-state index in [1.165, 1.54) is 12.8 Å². The van der Waals surface area contributed by atoms with Gasteiger partial charge < -0.3 is 14.3 Å². The van der Waals surface area contributed by atoms with Crippen molar-refractivity contribution in [2.75, 3.05) is 31.1 Å². The Morgan fingerprint density at radius 2 is 2.03 bits per heavy atom. The number of anilines is 1. The summed E-state index contributed by atoms with van der Waals surface area (Å²) in [7, 11) is 0. The number of carbonyl (C=O) groups excluding carboxylic acids is 1. The van der Waals surface area contributed by atoms with E-state index in [-0.39, 0.29) is 11.8 Å². The van der Waals surface area contributed by atoms with Crippen LogP contribution in [0.4, 0.5) is 5.95 Å². The van der Waals surface area contributed by atoms with E-state index in [1.54, 1.807) is 0 Å². The largest absolute Gasteiger partial charge is 0.356 e. The normalized spacial score (nSPS) is 20.5. The van der Waals surface area contributed by atoms with Gasteiger partial charge in [0.25, 0.3) is 5.91 Å². The number of aromatic nitrogens is 5. The van der Waals surface area contributed by atoms with Crippen LogP contribution in [0.25, 0.3) is 11.3 Å². The molecule has 2 fully saturated rings. The smallest absolute Gasteiger partial charge is 0.274 e. The molecule has 0 spiro atoms. The number of piperidine rings is 1. The summed E-state index contributed by atoms with van der Waals surface area (Å²) in [6.45, 7) is 5.25. The summed E-state index contributed by atoms with van der Waals surface area (Å²) < 4.78 is 5.59. The molecule has 5 heterocycles. The third kappa shape index (κ3) is 3.69. The van der Waals surface area contributed by atoms with Gasteiger partial charge in [0.05, 0.1) is 17.0 Å². The third-order valence-corrected chi connectivity index (χ3v) is 7.19. The number of aromatic amines is 1. The highest BCUT2D eigenvalue weighted by atomic mass is 16.5. The first-order valence-electron chi connectivity index (χ1n) is 12.1. The van der Waals surface area contributed by atoms with Gasteiger partial charge >= 0.3 is 0 Å². The van der Waals surface area contributed by atoms with Crippen LogP contribution in [0.5, 0.6) is 0 Å². The van der Waals surface area contributed by atoms with E-state index in [0.29, 0.717) is 18.0 Å². The van der Waals surface area contributed by atoms with E-state index in [2.05, 4.69) is 25.2 Å². The molecule has 1 amide bonds. The lowest BCUT2D eigenvalue weighted by atomic mass is 9.91. The molecule has 9 nitrogen and oxygen atoms in total. The first-order chi connectivity index (χ1) is 16.2. The standard InChI is InChI=1S/C24H29N7O2/c1-15-12-20(33-29-15)18-13-25-24(30-9-2-3-10-30)26-21(18)16-6-5-11-31(14-16)23(32)22-17-7-4-8-19(17)27-28-22/h12-13,16H,2-11,14H2,1H3,(H,27,28)/t16-/m0/s1. The molecule has 0 aromatic carbocycles. The van der Waals surface area contributed by atoms with E-state index in [4.69, 9.17) is 9.51 Å². The average molecular weight is 448 g/mol. The summed E-state index contributed by atoms with van der Waals surface area (Å²) >= 11 is 0. The fraction of sp³-hybridized carbons (Fsp3) is 0.542. The third-order valence-electron chi connectivity index (χ3n) is 7.19. The highest BCUT2D eigenvalue weighted by Gasteiger charge is 2.33. The zero-order valence-electron chi connectivity index (χ0n) is 19.0. The minimum atomic E-state index is 0.0324. The lowest BCUT2D eigenvalue weighted by molar-refractivity contribution is 0.0699. The van der Waals surface area contributed by atoms with Crippen molar-refractivity contribution in [3.8, 4) is 11.3 Å². The number of likely N-dealkylation sites (tertiary alicyclic amines) is 1. The predicted octanol–water partition coefficient (Wildman–Crippen LogP) is 3.27. The number of carbonyl (C=O) groups is 1. The first kappa shape index (κ1) is 20.4. The van der Waals surface area contributed by atoms with Crippen molar-refractivity contribution in [1.82, 2.24) is 30.2 Å². The van der Waals surface area contributed by atoms with Gasteiger partial charge in [-0.1, -0.05) is 5.16 Å². The fourth-order valence-corrected chi connectivity index (χ4v) is 5.48. The van der Waals surface area contributed by atoms with Crippen LogP contribution in [-0.2, 0) is 12.8 Å². The monoisotopic (exact) mass is 447 g/mol. The van der Waals surface area contributed by atoms with Gasteiger partial charge in [-0.25, -0.2) is 9.97 Å². The van der Waals surface area contributed by atoms with Crippen molar-refractivity contribution >= 4 is 11.9 Å². The quantitative estimate of drug-likeness (QED) is 0.654. The predicted molar refractivity (Wildman–Crippen MR) is 122 cm³/mol. The molecule has 0 bridgehead atoms. The molecule has 1 aliphatic carbocycles. The highest BCUT2D eigenvalue weighted by molar-refractivity contribution is 5.94. The zero-order chi connectivity index (χ0) is 22.4. The van der Waals surface area contributed by atoms with Gasteiger partial charge in [-0.15, -0.1) is 0 Å². The van der Waals surface area contributed by atoms with Crippen LogP contribution in [0.2, 0.25) is 0 Å². The Hall–Kier alpha value is -3.23. The average Bonchev–Trinajstić information content (AvgIpc) is 3.64. The molecular formula is C24H29N7O2. The van der Waals surface area contributed by atoms with Gasteiger partial charge in [-0.2, -0.15) is 5.10 Å². The van der Waals surface area contributed by atoms with Crippen LogP contribution >= 0.6 is 0 Å². The second-order valence-corrected chi connectivity index (χ2v) is 9.47. The molecule has 6 rings (SSSR count). The number of nitrogens with one attached hydrogen (secondary N) is 1. The Morgan fingerprint density at radius 1 is 1.15 bits per heavy atom. The van der Waals surface area contributed by atoms with E-state index < -0.39 is 0 Å². The molecule has 0 saturated carbocycles. The van der Waals surface area contributed by atoms with Crippen LogP contribution in [-0.4, -0.2) is 62.3 Å². The summed E-state index contributed by atoms with van der Waals surface area (Å²) in [6.07, 6.45) is 9.12. The highest BCUT2D eigenvalue weighted by Crippen LogP contribution is 2.35. The fourth-order valence-electron chi connectivity index (χ4n) is 5.48. The zero-order valence-corrected chi connectivity index (χ0v) is 19.0. The minimum Gasteiger partial charge on any atom is -0.356 e. The molecular weight excluding hydrogens is 418 g/mol. The SMILES string of the molecule is Cc1cc(-c2cnc(N3CCCC3)nc2[C@H]2CCCN(C(=O)c3n[nH]c4c3CCC4)C2)on1. The Bertz CT molecular complexity index is 1180. The Morgan fingerprint density at radius 3 is 2.85 bits per heavy atom. The molecule has 2 saturated heterocycles. The van der Waals surface area contributed by atoms with E-state index in [9.17, 15) is 4.79 Å². The molecule has 3 aliphatic rings. The van der Waals surface area contributed by atoms with E-state index in [1.807, 2.05) is 24.1 Å². The van der Waals surface area contributed by atoms with Gasteiger partial charge in [0.15, 0.2) is 11.5 Å². The summed E-state index contributed by atoms with van der Waals surface area (Å²) in [4.78, 5) is 27.3. The van der Waals surface area contributed by atoms with Gasteiger partial charge in [-0.3, -0.25) is 9.89 Å². The molecule has 1 N–H and O–H groups in total. The molecule has 3 aromatic rings. The molecule has 2 aliphatic heterocycles. The maximum Gasteiger partial charge on any atom is 0.274 e. The van der Waals surface area contributed by atoms with Crippen molar-refractivity contribution < 1.29 is 9.32 Å². The first-order valence-corrected chi connectivity index (χ1v) is 12.1. The van der Waals surface area contributed by atoms with Gasteiger partial charge in [0, 0.05) is 55.6 Å². The number of aryl methyl sites for hydroxylation is 2. The molecule has 0 unspecified atom stereocenters. The summed E-state index contributed by atoms with van der Waals surface area (Å²) in [5.74, 6) is 1.60. The molecule has 0 radical (unpaired) electrons. The maximum absolute atomic E-state index is 13.4. The maximum atomic E-state index is 13.4. The second kappa shape index (κ2) is 8.28. The summed E-state index contributed by atoms with van der Waals surface area (Å²) in [5.41, 5.74) is 5.49. The molecule has 9 heteroatoms. The van der Waals surface area contributed by atoms with Crippen molar-refractivity contribution in [1.29, 1.82) is 0 Å². The van der Waals surface area contributed by atoms with Crippen LogP contribution in [0.15, 0.2) is 16.8 Å². The Kier molecular flexibility index (Phi) is 5.11. The summed E-state index contributed by atoms with van der Waals surface area (Å²) in [6, 6.07) is 1.93. The van der Waals surface area contributed by atoms with E-state index in [0.717, 1.165) is 85.9 Å². The van der Waals surface area contributed by atoms with Gasteiger partial charge in [0.2, 0.25) is 5.95 Å². The van der Waals surface area contributed by atoms with Crippen LogP contribution in [0.3, 0.4) is 0 Å². The Balaban J connectivity index is 1.32. The molecule has 172 valence electrons. The van der Waals surface area contributed by atoms with Crippen molar-refractivity contribution in [3.63, 3.8) is 0 Å². The number of H-pyrrole nitrogens is 1. The van der Waals surface area contributed by atoms with Crippen molar-refractivity contribution in [3.05, 3.63) is 40.6 Å². The minimum absolute atomic E-state index is 0.0324. The second-order valence-electron chi connectivity index (χ2n) is 9.47. The number of hydrogen-bond acceptors (Lipinski definition) is 7. The summed E-state index contributed by atoms with van der Waals surface area (Å²) in [5, 5.41) is 11.5. The number of nitrogens with zero attached hydrogens (tertiary/aromatic N) is 6. The number of amides is 1. The number of hydrogen-bond donors (Lipinski definition) is 1. The molecule has 33 heavy (non-hydrogen) atoms. The van der Waals surface area contributed by atoms with Gasteiger partial charge in [0.1, 0.15) is 0 Å². The van der Waals surface area contributed by atoms with Gasteiger partial charge in [-0.05, 0) is 51.9 Å². The lowest BCUT2D eigenvalue weighted by Gasteiger charge is -2.33. The van der Waals surface area contributed by atoms with Crippen LogP contribution < -0.4 is 4.90 Å². The van der Waals surface area contributed by atoms with E-state index >= 15 is 0 Å². The van der Waals surface area contributed by atoms with Crippen LogP contribution in [0.1, 0.15) is 71.2 Å². The number of rotatable bonds is 4. The molecule has 1 atom stereocenters.